The number of likely N-dealkylation sites (tertiary alicyclic amines) is 1. The molecule has 1 saturated heterocycles. The van der Waals surface area contributed by atoms with Gasteiger partial charge in [-0.3, -0.25) is 9.59 Å². The van der Waals surface area contributed by atoms with Gasteiger partial charge in [-0.25, -0.2) is 4.98 Å². The van der Waals surface area contributed by atoms with Crippen LogP contribution >= 0.6 is 22.9 Å². The van der Waals surface area contributed by atoms with Gasteiger partial charge in [-0.15, -0.1) is 11.3 Å². The number of amides is 2. The molecule has 2 aromatic heterocycles. The predicted octanol–water partition coefficient (Wildman–Crippen LogP) is 4.19. The number of aromatic nitrogens is 1. The molecule has 0 bridgehead atoms. The summed E-state index contributed by atoms with van der Waals surface area (Å²) in [5, 5.41) is 6.07. The van der Waals surface area contributed by atoms with Crippen LogP contribution in [0.3, 0.4) is 0 Å². The highest BCUT2D eigenvalue weighted by atomic mass is 35.5. The van der Waals surface area contributed by atoms with Crippen molar-refractivity contribution in [2.24, 2.45) is 0 Å². The van der Waals surface area contributed by atoms with Crippen LogP contribution < -0.4 is 5.32 Å². The van der Waals surface area contributed by atoms with Crippen LogP contribution in [0.5, 0.6) is 0 Å². The van der Waals surface area contributed by atoms with E-state index in [9.17, 15) is 9.59 Å². The Hall–Kier alpha value is -2.44. The first kappa shape index (κ1) is 17.0. The summed E-state index contributed by atoms with van der Waals surface area (Å²) in [5.41, 5.74) is -0.240. The molecule has 0 saturated carbocycles. The average Bonchev–Trinajstić information content (AvgIpc) is 3.06. The van der Waals surface area contributed by atoms with Crippen LogP contribution in [-0.2, 0) is 4.79 Å². The number of halogens is 1. The molecule has 3 aromatic rings. The first-order valence-electron chi connectivity index (χ1n) is 8.20. The van der Waals surface area contributed by atoms with Crippen molar-refractivity contribution in [1.29, 1.82) is 0 Å². The molecular formula is C19H16ClN3O2S. The van der Waals surface area contributed by atoms with E-state index >= 15 is 0 Å². The molecule has 1 N–H and O–H groups in total. The first-order valence-corrected chi connectivity index (χ1v) is 9.46. The van der Waals surface area contributed by atoms with Gasteiger partial charge in [0.15, 0.2) is 0 Å². The standard InChI is InChI=1S/C19H16ClN3O2S/c1-19(18(25)22-16-7-6-12(20)10-21-16)8-9-23(19)17(24)14-11-26-15-5-3-2-4-13(14)15/h2-7,10-11H,8-9H2,1H3,(H,21,22,25). The molecule has 0 radical (unpaired) electrons. The number of hydrogen-bond acceptors (Lipinski definition) is 4. The number of anilines is 1. The Balaban J connectivity index is 1.56. The zero-order valence-corrected chi connectivity index (χ0v) is 15.6. The van der Waals surface area contributed by atoms with Gasteiger partial charge in [0.25, 0.3) is 11.8 Å². The molecule has 1 aromatic carbocycles. The number of hydrogen-bond donors (Lipinski definition) is 1. The van der Waals surface area contributed by atoms with E-state index in [4.69, 9.17) is 11.6 Å². The predicted molar refractivity (Wildman–Crippen MR) is 104 cm³/mol. The summed E-state index contributed by atoms with van der Waals surface area (Å²) in [6, 6.07) is 11.1. The van der Waals surface area contributed by atoms with E-state index in [1.165, 1.54) is 17.5 Å². The number of nitrogens with zero attached hydrogens (tertiary/aromatic N) is 2. The maximum absolute atomic E-state index is 13.0. The maximum atomic E-state index is 13.0. The SMILES string of the molecule is CC1(C(=O)Nc2ccc(Cl)cn2)CCN1C(=O)c1csc2ccccc12. The minimum atomic E-state index is -0.887. The normalized spacial score (nSPS) is 19.2. The topological polar surface area (TPSA) is 62.3 Å². The van der Waals surface area contributed by atoms with Crippen molar-refractivity contribution >= 4 is 50.7 Å². The lowest BCUT2D eigenvalue weighted by molar-refractivity contribution is -0.132. The summed E-state index contributed by atoms with van der Waals surface area (Å²) in [7, 11) is 0. The zero-order chi connectivity index (χ0) is 18.3. The second-order valence-electron chi connectivity index (χ2n) is 6.44. The molecule has 1 unspecified atom stereocenters. The smallest absolute Gasteiger partial charge is 0.256 e. The summed E-state index contributed by atoms with van der Waals surface area (Å²) < 4.78 is 1.06. The number of fused-ring (bicyclic) bond motifs is 1. The molecule has 0 spiro atoms. The number of benzene rings is 1. The molecule has 0 aliphatic carbocycles. The van der Waals surface area contributed by atoms with Gasteiger partial charge in [0, 0.05) is 28.2 Å². The Labute approximate surface area is 159 Å². The van der Waals surface area contributed by atoms with Gasteiger partial charge >= 0.3 is 0 Å². The molecule has 132 valence electrons. The monoisotopic (exact) mass is 385 g/mol. The maximum Gasteiger partial charge on any atom is 0.256 e. The molecule has 2 amide bonds. The molecule has 1 atom stereocenters. The van der Waals surface area contributed by atoms with Crippen molar-refractivity contribution in [2.75, 3.05) is 11.9 Å². The Kier molecular flexibility index (Phi) is 4.17. The van der Waals surface area contributed by atoms with Crippen LogP contribution in [0.1, 0.15) is 23.7 Å². The molecule has 3 heterocycles. The molecule has 7 heteroatoms. The van der Waals surface area contributed by atoms with Gasteiger partial charge in [0.1, 0.15) is 11.4 Å². The number of carbonyl (C=O) groups excluding carboxylic acids is 2. The largest absolute Gasteiger partial charge is 0.324 e. The van der Waals surface area contributed by atoms with Crippen molar-refractivity contribution in [3.63, 3.8) is 0 Å². The van der Waals surface area contributed by atoms with E-state index in [1.807, 2.05) is 29.6 Å². The van der Waals surface area contributed by atoms with Crippen molar-refractivity contribution in [3.8, 4) is 0 Å². The second-order valence-corrected chi connectivity index (χ2v) is 7.79. The number of rotatable bonds is 3. The highest BCUT2D eigenvalue weighted by Gasteiger charge is 2.50. The lowest BCUT2D eigenvalue weighted by atomic mass is 9.84. The summed E-state index contributed by atoms with van der Waals surface area (Å²) in [6.07, 6.45) is 2.08. The van der Waals surface area contributed by atoms with E-state index in [1.54, 1.807) is 24.0 Å². The first-order chi connectivity index (χ1) is 12.5. The summed E-state index contributed by atoms with van der Waals surface area (Å²) in [5.74, 6) is 0.0581. The van der Waals surface area contributed by atoms with Gasteiger partial charge in [0.2, 0.25) is 0 Å². The number of carbonyl (C=O) groups is 2. The molecule has 26 heavy (non-hydrogen) atoms. The Morgan fingerprint density at radius 3 is 2.77 bits per heavy atom. The molecule has 1 aliphatic rings. The van der Waals surface area contributed by atoms with Crippen LogP contribution in [0.4, 0.5) is 5.82 Å². The van der Waals surface area contributed by atoms with E-state index in [0.29, 0.717) is 29.4 Å². The van der Waals surface area contributed by atoms with E-state index < -0.39 is 5.54 Å². The third-order valence-electron chi connectivity index (χ3n) is 4.83. The quantitative estimate of drug-likeness (QED) is 0.735. The highest BCUT2D eigenvalue weighted by molar-refractivity contribution is 7.17. The fraction of sp³-hybridized carbons (Fsp3) is 0.211. The van der Waals surface area contributed by atoms with Crippen LogP contribution in [-0.4, -0.2) is 33.8 Å². The van der Waals surface area contributed by atoms with E-state index in [-0.39, 0.29) is 11.8 Å². The molecular weight excluding hydrogens is 370 g/mol. The number of thiophene rings is 1. The van der Waals surface area contributed by atoms with Gasteiger partial charge in [0.05, 0.1) is 10.6 Å². The van der Waals surface area contributed by atoms with Crippen molar-refractivity contribution in [1.82, 2.24) is 9.88 Å². The lowest BCUT2D eigenvalue weighted by Gasteiger charge is -2.48. The average molecular weight is 386 g/mol. The minimum Gasteiger partial charge on any atom is -0.324 e. The van der Waals surface area contributed by atoms with Gasteiger partial charge < -0.3 is 10.2 Å². The van der Waals surface area contributed by atoms with Gasteiger partial charge in [-0.2, -0.15) is 0 Å². The van der Waals surface area contributed by atoms with Crippen LogP contribution in [0, 0.1) is 0 Å². The van der Waals surface area contributed by atoms with E-state index in [0.717, 1.165) is 10.1 Å². The third kappa shape index (κ3) is 2.75. The molecule has 4 rings (SSSR count). The van der Waals surface area contributed by atoms with Crippen molar-refractivity contribution in [3.05, 3.63) is 58.6 Å². The summed E-state index contributed by atoms with van der Waals surface area (Å²) >= 11 is 7.36. The van der Waals surface area contributed by atoms with Gasteiger partial charge in [-0.05, 0) is 31.5 Å². The Morgan fingerprint density at radius 1 is 1.27 bits per heavy atom. The minimum absolute atomic E-state index is 0.115. The van der Waals surface area contributed by atoms with Crippen molar-refractivity contribution < 1.29 is 9.59 Å². The summed E-state index contributed by atoms with van der Waals surface area (Å²) in [4.78, 5) is 31.5. The van der Waals surface area contributed by atoms with Crippen LogP contribution in [0.25, 0.3) is 10.1 Å². The number of nitrogens with one attached hydrogen (secondary N) is 1. The Bertz CT molecular complexity index is 1000. The lowest BCUT2D eigenvalue weighted by Crippen LogP contribution is -2.66. The molecule has 5 nitrogen and oxygen atoms in total. The second kappa shape index (κ2) is 6.37. The van der Waals surface area contributed by atoms with Gasteiger partial charge in [-0.1, -0.05) is 29.8 Å². The molecule has 1 fully saturated rings. The van der Waals surface area contributed by atoms with Crippen LogP contribution in [0.2, 0.25) is 5.02 Å². The number of pyridine rings is 1. The van der Waals surface area contributed by atoms with Crippen molar-refractivity contribution in [2.45, 2.75) is 18.9 Å². The fourth-order valence-electron chi connectivity index (χ4n) is 3.11. The molecule has 1 aliphatic heterocycles. The van der Waals surface area contributed by atoms with E-state index in [2.05, 4.69) is 10.3 Å². The Morgan fingerprint density at radius 2 is 2.08 bits per heavy atom. The highest BCUT2D eigenvalue weighted by Crippen LogP contribution is 2.35. The fourth-order valence-corrected chi connectivity index (χ4v) is 4.16. The van der Waals surface area contributed by atoms with Crippen LogP contribution in [0.15, 0.2) is 48.0 Å². The third-order valence-corrected chi connectivity index (χ3v) is 6.02. The zero-order valence-electron chi connectivity index (χ0n) is 14.0. The summed E-state index contributed by atoms with van der Waals surface area (Å²) in [6.45, 7) is 2.34.